The monoisotopic (exact) mass is 886 g/mol. The van der Waals surface area contributed by atoms with E-state index in [-0.39, 0.29) is 71.7 Å². The van der Waals surface area contributed by atoms with Crippen molar-refractivity contribution >= 4 is 11.9 Å². The largest absolute Gasteiger partial charge is 1.00 e. The van der Waals surface area contributed by atoms with E-state index >= 15 is 0 Å². The highest BCUT2D eigenvalue weighted by atomic mass is 127. The molecule has 268 valence electrons. The molecule has 0 N–H and O–H groups in total. The summed E-state index contributed by atoms with van der Waals surface area (Å²) in [5.41, 5.74) is 2.02. The number of carbonyl (C=O) groups excluding carboxylic acids is 2. The first-order valence-corrected chi connectivity index (χ1v) is 18.6. The van der Waals surface area contributed by atoms with E-state index in [2.05, 4.69) is 13.8 Å². The molecule has 0 spiro atoms. The van der Waals surface area contributed by atoms with Crippen LogP contribution in [-0.4, -0.2) is 86.5 Å². The number of unbranched alkanes of at least 4 members (excludes halogenated alkanes) is 2. The summed E-state index contributed by atoms with van der Waals surface area (Å²) in [5.74, 6) is -1.69. The first-order valence-electron chi connectivity index (χ1n) is 18.6. The van der Waals surface area contributed by atoms with Gasteiger partial charge >= 0.3 is 11.9 Å². The Hall–Kier alpha value is -1.24. The van der Waals surface area contributed by atoms with E-state index in [0.717, 1.165) is 36.8 Å². The fourth-order valence-electron chi connectivity index (χ4n) is 8.91. The van der Waals surface area contributed by atoms with E-state index in [1.165, 1.54) is 99.8 Å². The van der Waals surface area contributed by atoms with Crippen LogP contribution in [0.25, 0.3) is 0 Å². The van der Waals surface area contributed by atoms with Crippen LogP contribution in [0.5, 0.6) is 0 Å². The average Bonchev–Trinajstić information content (AvgIpc) is 3.09. The smallest absolute Gasteiger partial charge is 0.310 e. The number of ether oxygens (including phenoxy) is 2. The molecule has 0 radical (unpaired) electrons. The van der Waals surface area contributed by atoms with Crippen molar-refractivity contribution in [2.24, 2.45) is 11.8 Å². The Labute approximate surface area is 324 Å². The van der Waals surface area contributed by atoms with E-state index in [9.17, 15) is 9.59 Å². The van der Waals surface area contributed by atoms with Crippen LogP contribution in [0.1, 0.15) is 101 Å². The van der Waals surface area contributed by atoms with Gasteiger partial charge in [-0.1, -0.05) is 60.7 Å². The summed E-state index contributed by atoms with van der Waals surface area (Å²) < 4.78 is 14.5. The molecule has 2 aliphatic heterocycles. The van der Waals surface area contributed by atoms with Crippen LogP contribution in [0.2, 0.25) is 0 Å². The Bertz CT molecular complexity index is 1110. The molecule has 0 atom stereocenters. The number of halogens is 2. The zero-order valence-corrected chi connectivity index (χ0v) is 33.8. The quantitative estimate of drug-likeness (QED) is 0.111. The van der Waals surface area contributed by atoms with Crippen LogP contribution in [-0.2, 0) is 19.1 Å². The maximum Gasteiger partial charge on any atom is 0.310 e. The van der Waals surface area contributed by atoms with Crippen LogP contribution >= 0.6 is 0 Å². The zero-order chi connectivity index (χ0) is 32.2. The number of piperidine rings is 2. The number of carbonyl (C=O) groups is 2. The molecule has 2 aromatic rings. The van der Waals surface area contributed by atoms with Gasteiger partial charge in [0.05, 0.1) is 77.4 Å². The van der Waals surface area contributed by atoms with Crippen LogP contribution in [0, 0.1) is 11.8 Å². The third-order valence-electron chi connectivity index (χ3n) is 11.9. The Morgan fingerprint density at radius 2 is 0.917 bits per heavy atom. The lowest BCUT2D eigenvalue weighted by molar-refractivity contribution is -0.931. The Balaban J connectivity index is 0.00000312. The predicted molar refractivity (Wildman–Crippen MR) is 184 cm³/mol. The number of quaternary nitrogens is 2. The van der Waals surface area contributed by atoms with Gasteiger partial charge in [-0.3, -0.25) is 9.59 Å². The molecule has 2 aromatic carbocycles. The summed E-state index contributed by atoms with van der Waals surface area (Å²) in [6.07, 6.45) is 11.9. The van der Waals surface area contributed by atoms with Crippen molar-refractivity contribution in [3.05, 3.63) is 71.8 Å². The molecule has 8 heteroatoms. The summed E-state index contributed by atoms with van der Waals surface area (Å²) in [6.45, 7) is 15.4. The number of likely N-dealkylation sites (tertiary alicyclic amines) is 2. The third kappa shape index (κ3) is 10.4. The first kappa shape index (κ1) is 41.2. The highest BCUT2D eigenvalue weighted by Gasteiger charge is 2.59. The van der Waals surface area contributed by atoms with E-state index in [1.54, 1.807) is 0 Å². The molecule has 1 saturated carbocycles. The number of hydrogen-bond acceptors (Lipinski definition) is 4. The Kier molecular flexibility index (Phi) is 17.6. The van der Waals surface area contributed by atoms with Crippen LogP contribution < -0.4 is 48.0 Å². The molecule has 2 heterocycles. The van der Waals surface area contributed by atoms with Crippen molar-refractivity contribution in [1.29, 1.82) is 0 Å². The first-order chi connectivity index (χ1) is 22.5. The molecule has 0 bridgehead atoms. The molecule has 0 amide bonds. The van der Waals surface area contributed by atoms with Gasteiger partial charge in [-0.15, -0.1) is 0 Å². The standard InChI is InChI=1S/C40H60N2O4.2HI/c1-3-41(25-13-7-14-26-41)29-17-19-31-45-39(43)37-35(33-21-9-5-10-22-33)38(36(37)34-23-11-6-12-24-34)40(44)46-32-20-18-30-42(4-2)27-15-8-16-28-42;;/h5-6,9-12,21-24,35-38H,3-4,7-8,13-20,25-32H2,1-2H3;2*1H/q+2;;/p-2. The lowest BCUT2D eigenvalue weighted by Gasteiger charge is -2.49. The normalized spacial score (nSPS) is 24.2. The molecule has 0 aromatic heterocycles. The molecule has 6 nitrogen and oxygen atoms in total. The van der Waals surface area contributed by atoms with Gasteiger partial charge in [0.25, 0.3) is 0 Å². The van der Waals surface area contributed by atoms with Crippen LogP contribution in [0.4, 0.5) is 0 Å². The molecule has 5 rings (SSSR count). The molecular weight excluding hydrogens is 826 g/mol. The van der Waals surface area contributed by atoms with Gasteiger partial charge in [0.15, 0.2) is 0 Å². The lowest BCUT2D eigenvalue weighted by atomic mass is 9.52. The predicted octanol–water partition coefficient (Wildman–Crippen LogP) is 1.50. The van der Waals surface area contributed by atoms with Gasteiger partial charge in [0.1, 0.15) is 0 Å². The van der Waals surface area contributed by atoms with E-state index in [4.69, 9.17) is 9.47 Å². The fourth-order valence-corrected chi connectivity index (χ4v) is 8.91. The highest BCUT2D eigenvalue weighted by Crippen LogP contribution is 2.58. The van der Waals surface area contributed by atoms with E-state index < -0.39 is 11.8 Å². The SMILES string of the molecule is CC[N+]1(CCCCOC(=O)C2C(c3ccccc3)C(C(=O)OCCCC[N+]3(CC)CCCCC3)C2c2ccccc2)CCCCC1.[I-].[I-]. The number of hydrogen-bond donors (Lipinski definition) is 0. The number of esters is 2. The second kappa shape index (κ2) is 20.6. The Morgan fingerprint density at radius 3 is 1.25 bits per heavy atom. The highest BCUT2D eigenvalue weighted by molar-refractivity contribution is 5.85. The van der Waals surface area contributed by atoms with Gasteiger partial charge in [-0.2, -0.15) is 0 Å². The van der Waals surface area contributed by atoms with Crippen molar-refractivity contribution in [3.63, 3.8) is 0 Å². The minimum Gasteiger partial charge on any atom is -1.00 e. The van der Waals surface area contributed by atoms with Gasteiger partial charge < -0.3 is 66.4 Å². The molecule has 1 aliphatic carbocycles. The van der Waals surface area contributed by atoms with Crippen molar-refractivity contribution in [2.75, 3.05) is 65.6 Å². The second-order valence-electron chi connectivity index (χ2n) is 14.5. The summed E-state index contributed by atoms with van der Waals surface area (Å²) in [6, 6.07) is 20.1. The summed E-state index contributed by atoms with van der Waals surface area (Å²) in [5, 5.41) is 0. The minimum absolute atomic E-state index is 0. The van der Waals surface area contributed by atoms with E-state index in [1.807, 2.05) is 60.7 Å². The molecule has 3 aliphatic rings. The second-order valence-corrected chi connectivity index (χ2v) is 14.5. The maximum absolute atomic E-state index is 13.9. The fraction of sp³-hybridized carbons (Fsp3) is 0.650. The topological polar surface area (TPSA) is 52.6 Å². The lowest BCUT2D eigenvalue weighted by Crippen LogP contribution is -3.00. The molecule has 3 fully saturated rings. The summed E-state index contributed by atoms with van der Waals surface area (Å²) in [7, 11) is 0. The van der Waals surface area contributed by atoms with Crippen LogP contribution in [0.3, 0.4) is 0 Å². The molecule has 2 saturated heterocycles. The van der Waals surface area contributed by atoms with Crippen molar-refractivity contribution < 1.29 is 76.0 Å². The number of nitrogens with zero attached hydrogens (tertiary/aromatic N) is 2. The number of rotatable bonds is 16. The summed E-state index contributed by atoms with van der Waals surface area (Å²) >= 11 is 0. The van der Waals surface area contributed by atoms with Crippen molar-refractivity contribution in [1.82, 2.24) is 0 Å². The molecular formula is C40H60I2N2O4. The molecule has 48 heavy (non-hydrogen) atoms. The van der Waals surface area contributed by atoms with Gasteiger partial charge in [0, 0.05) is 11.8 Å². The minimum atomic E-state index is -0.411. The van der Waals surface area contributed by atoms with Gasteiger partial charge in [-0.25, -0.2) is 0 Å². The number of benzene rings is 2. The van der Waals surface area contributed by atoms with Gasteiger partial charge in [0.2, 0.25) is 0 Å². The third-order valence-corrected chi connectivity index (χ3v) is 11.9. The van der Waals surface area contributed by atoms with Crippen molar-refractivity contribution in [2.45, 2.75) is 89.9 Å². The van der Waals surface area contributed by atoms with E-state index in [0.29, 0.717) is 13.2 Å². The zero-order valence-electron chi connectivity index (χ0n) is 29.5. The van der Waals surface area contributed by atoms with Crippen LogP contribution in [0.15, 0.2) is 60.7 Å². The maximum atomic E-state index is 13.9. The molecule has 0 unspecified atom stereocenters. The average molecular weight is 887 g/mol. The van der Waals surface area contributed by atoms with Crippen molar-refractivity contribution in [3.8, 4) is 0 Å². The summed E-state index contributed by atoms with van der Waals surface area (Å²) in [4.78, 5) is 27.7. The Morgan fingerprint density at radius 1 is 0.562 bits per heavy atom. The van der Waals surface area contributed by atoms with Gasteiger partial charge in [-0.05, 0) is 89.2 Å².